The van der Waals surface area contributed by atoms with Crippen LogP contribution >= 0.6 is 11.3 Å². The molecule has 102 valence electrons. The number of rotatable bonds is 5. The lowest BCUT2D eigenvalue weighted by Gasteiger charge is -2.17. The van der Waals surface area contributed by atoms with Crippen molar-refractivity contribution < 1.29 is 13.2 Å². The third kappa shape index (κ3) is 2.75. The van der Waals surface area contributed by atoms with Crippen LogP contribution in [0.25, 0.3) is 0 Å². The summed E-state index contributed by atoms with van der Waals surface area (Å²) in [6, 6.07) is 0. The molecule has 0 fully saturated rings. The van der Waals surface area contributed by atoms with E-state index in [1.165, 1.54) is 0 Å². The fourth-order valence-corrected chi connectivity index (χ4v) is 4.22. The average Bonchev–Trinajstić information content (AvgIpc) is 2.55. The molecule has 1 aromatic rings. The molecule has 1 heterocycles. The van der Waals surface area contributed by atoms with E-state index in [2.05, 4.69) is 0 Å². The lowest BCUT2D eigenvalue weighted by Crippen LogP contribution is -2.19. The average molecular weight is 291 g/mol. The van der Waals surface area contributed by atoms with E-state index in [1.54, 1.807) is 11.9 Å². The number of nitrogens with two attached hydrogens (primary N) is 2. The minimum atomic E-state index is -3.50. The Labute approximate surface area is 110 Å². The molecule has 0 aromatic carbocycles. The summed E-state index contributed by atoms with van der Waals surface area (Å²) in [5, 5.41) is 0.464. The van der Waals surface area contributed by atoms with Crippen molar-refractivity contribution in [2.45, 2.75) is 18.2 Å². The number of primary amides is 1. The normalized spacial score (nSPS) is 11.5. The van der Waals surface area contributed by atoms with Crippen LogP contribution in [0.4, 0.5) is 10.7 Å². The maximum absolute atomic E-state index is 11.8. The second-order valence-corrected chi connectivity index (χ2v) is 6.99. The summed E-state index contributed by atoms with van der Waals surface area (Å²) in [6.45, 7) is 2.64. The maximum Gasteiger partial charge on any atom is 0.261 e. The van der Waals surface area contributed by atoms with E-state index in [4.69, 9.17) is 11.5 Å². The van der Waals surface area contributed by atoms with E-state index in [9.17, 15) is 13.2 Å². The first kappa shape index (κ1) is 14.8. The van der Waals surface area contributed by atoms with Gasteiger partial charge in [0.25, 0.3) is 5.91 Å². The van der Waals surface area contributed by atoms with Gasteiger partial charge in [0.15, 0.2) is 9.84 Å². The van der Waals surface area contributed by atoms with Crippen molar-refractivity contribution in [2.24, 2.45) is 5.73 Å². The molecule has 4 N–H and O–H groups in total. The van der Waals surface area contributed by atoms with E-state index in [-0.39, 0.29) is 15.5 Å². The zero-order valence-electron chi connectivity index (χ0n) is 10.6. The molecule has 0 unspecified atom stereocenters. The first-order valence-corrected chi connectivity index (χ1v) is 8.04. The Morgan fingerprint density at radius 3 is 2.39 bits per heavy atom. The monoisotopic (exact) mass is 291 g/mol. The Morgan fingerprint density at radius 1 is 1.44 bits per heavy atom. The number of nitrogen functional groups attached to an aromatic ring is 1. The molecule has 0 aliphatic heterocycles. The van der Waals surface area contributed by atoms with Gasteiger partial charge in [-0.3, -0.25) is 4.79 Å². The minimum Gasteiger partial charge on any atom is -0.396 e. The zero-order chi connectivity index (χ0) is 14.1. The van der Waals surface area contributed by atoms with Gasteiger partial charge < -0.3 is 16.4 Å². The van der Waals surface area contributed by atoms with Crippen LogP contribution in [0, 0.1) is 0 Å². The molecule has 0 atom stereocenters. The van der Waals surface area contributed by atoms with Gasteiger partial charge in [-0.2, -0.15) is 0 Å². The lowest BCUT2D eigenvalue weighted by atomic mass is 10.3. The molecule has 6 nitrogen and oxygen atoms in total. The van der Waals surface area contributed by atoms with Crippen molar-refractivity contribution >= 4 is 37.8 Å². The highest BCUT2D eigenvalue weighted by Gasteiger charge is 2.27. The summed E-state index contributed by atoms with van der Waals surface area (Å²) in [6.07, 6.45) is 1.92. The van der Waals surface area contributed by atoms with Crippen molar-refractivity contribution in [3.8, 4) is 0 Å². The van der Waals surface area contributed by atoms with Crippen LogP contribution in [0.5, 0.6) is 0 Å². The van der Waals surface area contributed by atoms with Crippen molar-refractivity contribution in [1.82, 2.24) is 0 Å². The van der Waals surface area contributed by atoms with Crippen molar-refractivity contribution in [3.63, 3.8) is 0 Å². The van der Waals surface area contributed by atoms with Gasteiger partial charge in [0.1, 0.15) is 14.8 Å². The molecule has 1 aromatic heterocycles. The van der Waals surface area contributed by atoms with Gasteiger partial charge in [0.05, 0.1) is 5.69 Å². The van der Waals surface area contributed by atoms with Crippen molar-refractivity contribution in [1.29, 1.82) is 0 Å². The number of hydrogen-bond acceptors (Lipinski definition) is 6. The first-order chi connectivity index (χ1) is 8.20. The van der Waals surface area contributed by atoms with E-state index in [0.29, 0.717) is 11.5 Å². The molecule has 0 saturated heterocycles. The number of hydrogen-bond donors (Lipinski definition) is 2. The number of carbonyl (C=O) groups is 1. The van der Waals surface area contributed by atoms with Gasteiger partial charge in [0, 0.05) is 19.8 Å². The van der Waals surface area contributed by atoms with Crippen LogP contribution in [0.15, 0.2) is 4.90 Å². The SMILES string of the molecule is CCCN(C)c1sc(C(N)=O)c(N)c1S(C)(=O)=O. The molecule has 0 radical (unpaired) electrons. The smallest absolute Gasteiger partial charge is 0.261 e. The summed E-state index contributed by atoms with van der Waals surface area (Å²) in [7, 11) is -1.75. The Hall–Kier alpha value is -1.28. The van der Waals surface area contributed by atoms with E-state index in [0.717, 1.165) is 24.0 Å². The topological polar surface area (TPSA) is 106 Å². The molecule has 0 aliphatic rings. The Bertz CT molecular complexity index is 563. The van der Waals surface area contributed by atoms with Crippen LogP contribution < -0.4 is 16.4 Å². The van der Waals surface area contributed by atoms with Crippen LogP contribution in [-0.4, -0.2) is 34.2 Å². The summed E-state index contributed by atoms with van der Waals surface area (Å²) < 4.78 is 23.5. The number of amides is 1. The van der Waals surface area contributed by atoms with Crippen molar-refractivity contribution in [3.05, 3.63) is 4.88 Å². The molecule has 1 amide bonds. The summed E-state index contributed by atoms with van der Waals surface area (Å²) in [4.78, 5) is 13.1. The summed E-state index contributed by atoms with van der Waals surface area (Å²) in [5.74, 6) is -0.710. The molecule has 0 saturated carbocycles. The highest BCUT2D eigenvalue weighted by molar-refractivity contribution is 7.91. The van der Waals surface area contributed by atoms with Gasteiger partial charge in [0.2, 0.25) is 0 Å². The van der Waals surface area contributed by atoms with Gasteiger partial charge in [-0.05, 0) is 6.42 Å². The predicted octanol–water partition coefficient (Wildman–Crippen LogP) is 0.679. The predicted molar refractivity (Wildman–Crippen MR) is 73.9 cm³/mol. The molecule has 18 heavy (non-hydrogen) atoms. The Kier molecular flexibility index (Phi) is 4.23. The number of nitrogens with zero attached hydrogens (tertiary/aromatic N) is 1. The quantitative estimate of drug-likeness (QED) is 0.829. The van der Waals surface area contributed by atoms with Crippen molar-refractivity contribution in [2.75, 3.05) is 30.5 Å². The van der Waals surface area contributed by atoms with Crippen LogP contribution in [0.1, 0.15) is 23.0 Å². The molecular formula is C10H17N3O3S2. The summed E-state index contributed by atoms with van der Waals surface area (Å²) >= 11 is 1.02. The van der Waals surface area contributed by atoms with Crippen LogP contribution in [-0.2, 0) is 9.84 Å². The Balaban J connectivity index is 3.50. The van der Waals surface area contributed by atoms with Crippen LogP contribution in [0.2, 0.25) is 0 Å². The van der Waals surface area contributed by atoms with Crippen LogP contribution in [0.3, 0.4) is 0 Å². The molecule has 0 spiro atoms. The maximum atomic E-state index is 11.8. The first-order valence-electron chi connectivity index (χ1n) is 5.33. The summed E-state index contributed by atoms with van der Waals surface area (Å²) in [5.41, 5.74) is 10.9. The third-order valence-corrected chi connectivity index (χ3v) is 5.00. The Morgan fingerprint density at radius 2 is 2.00 bits per heavy atom. The number of carbonyl (C=O) groups excluding carboxylic acids is 1. The fourth-order valence-electron chi connectivity index (χ4n) is 1.65. The molecule has 0 bridgehead atoms. The van der Waals surface area contributed by atoms with E-state index < -0.39 is 15.7 Å². The van der Waals surface area contributed by atoms with Gasteiger partial charge >= 0.3 is 0 Å². The number of sulfone groups is 1. The highest BCUT2D eigenvalue weighted by Crippen LogP contribution is 2.40. The standard InChI is InChI=1S/C10H17N3O3S2/c1-4-5-13(2)10-8(18(3,15)16)6(11)7(17-10)9(12)14/h4-5,11H2,1-3H3,(H2,12,14). The second-order valence-electron chi connectivity index (χ2n) is 4.04. The zero-order valence-corrected chi connectivity index (χ0v) is 12.2. The highest BCUT2D eigenvalue weighted by atomic mass is 32.2. The minimum absolute atomic E-state index is 0.00255. The molecule has 8 heteroatoms. The van der Waals surface area contributed by atoms with E-state index in [1.807, 2.05) is 6.92 Å². The van der Waals surface area contributed by atoms with Gasteiger partial charge in [-0.1, -0.05) is 6.92 Å². The number of anilines is 2. The lowest BCUT2D eigenvalue weighted by molar-refractivity contribution is 0.100. The van der Waals surface area contributed by atoms with Gasteiger partial charge in [-0.25, -0.2) is 8.42 Å². The third-order valence-electron chi connectivity index (χ3n) is 2.38. The number of thiophene rings is 1. The molecule has 1 rings (SSSR count). The van der Waals surface area contributed by atoms with E-state index >= 15 is 0 Å². The fraction of sp³-hybridized carbons (Fsp3) is 0.500. The largest absolute Gasteiger partial charge is 0.396 e. The van der Waals surface area contributed by atoms with Gasteiger partial charge in [-0.15, -0.1) is 11.3 Å². The molecule has 0 aliphatic carbocycles. The second kappa shape index (κ2) is 5.15. The molecular weight excluding hydrogens is 274 g/mol.